The largest absolute Gasteiger partial charge is 0.324 e. The first-order valence-electron chi connectivity index (χ1n) is 8.43. The van der Waals surface area contributed by atoms with Gasteiger partial charge in [-0.15, -0.1) is 12.4 Å². The average molecular weight is 441 g/mol. The molecule has 0 aliphatic rings. The third kappa shape index (κ3) is 5.05. The summed E-state index contributed by atoms with van der Waals surface area (Å²) in [5, 5.41) is 11.5. The number of nitrogens with zero attached hydrogens (tertiary/aromatic N) is 4. The fourth-order valence-electron chi connectivity index (χ4n) is 2.64. The van der Waals surface area contributed by atoms with Crippen LogP contribution in [-0.2, 0) is 0 Å². The number of rotatable bonds is 7. The Morgan fingerprint density at radius 1 is 1.18 bits per heavy atom. The molecule has 0 aliphatic heterocycles. The molecule has 0 fully saturated rings. The molecule has 1 aromatic carbocycles. The standard InChI is InChI=1S/C18H20N4O3S2.ClH/c1-12-5-6-13-15(11-12)27-18(19-13)21(10-4-9-20(2)3)17(23)14-7-8-16(26-14)22(24)25;/h5-8,11H,4,9-10H2,1-3H3;1H. The van der Waals surface area contributed by atoms with E-state index in [1.165, 1.54) is 23.5 Å². The number of thiazole rings is 1. The fraction of sp³-hybridized carbons (Fsp3) is 0.333. The SMILES string of the molecule is Cc1ccc2nc(N(CCCN(C)C)C(=O)c3ccc([N+](=O)[O-])s3)sc2c1.Cl. The van der Waals surface area contributed by atoms with Crippen molar-refractivity contribution in [3.8, 4) is 0 Å². The number of benzene rings is 1. The first kappa shape index (κ1) is 22.2. The zero-order chi connectivity index (χ0) is 19.6. The molecule has 0 bridgehead atoms. The highest BCUT2D eigenvalue weighted by Gasteiger charge is 2.24. The van der Waals surface area contributed by atoms with Gasteiger partial charge in [0.25, 0.3) is 5.91 Å². The Hall–Kier alpha value is -2.07. The highest BCUT2D eigenvalue weighted by Crippen LogP contribution is 2.32. The lowest BCUT2D eigenvalue weighted by atomic mass is 10.2. The second-order valence-electron chi connectivity index (χ2n) is 6.48. The first-order chi connectivity index (χ1) is 12.8. The summed E-state index contributed by atoms with van der Waals surface area (Å²) in [7, 11) is 3.96. The summed E-state index contributed by atoms with van der Waals surface area (Å²) in [6.07, 6.45) is 0.779. The summed E-state index contributed by atoms with van der Waals surface area (Å²) in [5.41, 5.74) is 1.99. The van der Waals surface area contributed by atoms with Crippen LogP contribution in [0.4, 0.5) is 10.1 Å². The first-order valence-corrected chi connectivity index (χ1v) is 10.1. The van der Waals surface area contributed by atoms with E-state index >= 15 is 0 Å². The van der Waals surface area contributed by atoms with Crippen LogP contribution in [0.5, 0.6) is 0 Å². The number of carbonyl (C=O) groups is 1. The Labute approximate surface area is 177 Å². The van der Waals surface area contributed by atoms with Gasteiger partial charge in [0.15, 0.2) is 5.13 Å². The number of fused-ring (bicyclic) bond motifs is 1. The summed E-state index contributed by atoms with van der Waals surface area (Å²) < 4.78 is 1.02. The summed E-state index contributed by atoms with van der Waals surface area (Å²) in [6, 6.07) is 8.88. The van der Waals surface area contributed by atoms with Crippen molar-refractivity contribution in [2.24, 2.45) is 0 Å². The average Bonchev–Trinajstić information content (AvgIpc) is 3.24. The van der Waals surface area contributed by atoms with Gasteiger partial charge in [0.1, 0.15) is 0 Å². The number of carbonyl (C=O) groups excluding carboxylic acids is 1. The van der Waals surface area contributed by atoms with Crippen molar-refractivity contribution in [3.63, 3.8) is 0 Å². The minimum atomic E-state index is -0.474. The molecular formula is C18H21ClN4O3S2. The zero-order valence-electron chi connectivity index (χ0n) is 15.7. The van der Waals surface area contributed by atoms with Gasteiger partial charge in [-0.25, -0.2) is 4.98 Å². The number of aromatic nitrogens is 1. The molecular weight excluding hydrogens is 420 g/mol. The highest BCUT2D eigenvalue weighted by molar-refractivity contribution is 7.22. The molecule has 0 saturated heterocycles. The van der Waals surface area contributed by atoms with Gasteiger partial charge in [0, 0.05) is 12.6 Å². The minimum Gasteiger partial charge on any atom is -0.309 e. The molecule has 2 aromatic heterocycles. The second kappa shape index (κ2) is 9.42. The topological polar surface area (TPSA) is 79.6 Å². The fourth-order valence-corrected chi connectivity index (χ4v) is 4.50. The van der Waals surface area contributed by atoms with E-state index in [2.05, 4.69) is 16.0 Å². The van der Waals surface area contributed by atoms with E-state index in [4.69, 9.17) is 0 Å². The lowest BCUT2D eigenvalue weighted by Gasteiger charge is -2.20. The molecule has 2 heterocycles. The van der Waals surface area contributed by atoms with Crippen LogP contribution in [0.2, 0.25) is 0 Å². The van der Waals surface area contributed by atoms with Crippen molar-refractivity contribution in [1.82, 2.24) is 9.88 Å². The molecule has 7 nitrogen and oxygen atoms in total. The molecule has 1 amide bonds. The predicted molar refractivity (Wildman–Crippen MR) is 117 cm³/mol. The van der Waals surface area contributed by atoms with Gasteiger partial charge in [-0.1, -0.05) is 28.7 Å². The van der Waals surface area contributed by atoms with Crippen LogP contribution in [0.1, 0.15) is 21.7 Å². The molecule has 0 unspecified atom stereocenters. The van der Waals surface area contributed by atoms with Crippen molar-refractivity contribution >= 4 is 61.3 Å². The van der Waals surface area contributed by atoms with Gasteiger partial charge in [-0.05, 0) is 57.7 Å². The summed E-state index contributed by atoms with van der Waals surface area (Å²) in [6.45, 7) is 3.35. The van der Waals surface area contributed by atoms with Gasteiger partial charge >= 0.3 is 5.00 Å². The van der Waals surface area contributed by atoms with Crippen molar-refractivity contribution in [3.05, 3.63) is 50.9 Å². The van der Waals surface area contributed by atoms with Crippen LogP contribution >= 0.6 is 35.1 Å². The number of hydrogen-bond acceptors (Lipinski definition) is 7. The van der Waals surface area contributed by atoms with E-state index < -0.39 is 4.92 Å². The van der Waals surface area contributed by atoms with Gasteiger partial charge in [0.05, 0.1) is 20.0 Å². The molecule has 0 spiro atoms. The quantitative estimate of drug-likeness (QED) is 0.396. The van der Waals surface area contributed by atoms with Gasteiger partial charge in [0.2, 0.25) is 0 Å². The minimum absolute atomic E-state index is 0. The number of halogens is 1. The summed E-state index contributed by atoms with van der Waals surface area (Å²) in [5.74, 6) is -0.248. The third-order valence-electron chi connectivity index (χ3n) is 3.98. The van der Waals surface area contributed by atoms with Gasteiger partial charge in [-0.2, -0.15) is 0 Å². The van der Waals surface area contributed by atoms with E-state index in [-0.39, 0.29) is 23.3 Å². The van der Waals surface area contributed by atoms with Crippen molar-refractivity contribution < 1.29 is 9.72 Å². The molecule has 28 heavy (non-hydrogen) atoms. The molecule has 150 valence electrons. The normalized spacial score (nSPS) is 10.9. The van der Waals surface area contributed by atoms with Crippen molar-refractivity contribution in [1.29, 1.82) is 0 Å². The Balaban J connectivity index is 0.00000280. The zero-order valence-corrected chi connectivity index (χ0v) is 18.2. The molecule has 10 heteroatoms. The lowest BCUT2D eigenvalue weighted by Crippen LogP contribution is -2.32. The monoisotopic (exact) mass is 440 g/mol. The Kier molecular flexibility index (Phi) is 7.48. The van der Waals surface area contributed by atoms with E-state index in [1.54, 1.807) is 4.90 Å². The maximum atomic E-state index is 13.1. The number of nitro groups is 1. The van der Waals surface area contributed by atoms with Crippen LogP contribution in [-0.4, -0.2) is 47.9 Å². The lowest BCUT2D eigenvalue weighted by molar-refractivity contribution is -0.380. The van der Waals surface area contributed by atoms with Crippen LogP contribution < -0.4 is 4.90 Å². The third-order valence-corrected chi connectivity index (χ3v) is 6.04. The smallest absolute Gasteiger partial charge is 0.309 e. The molecule has 0 radical (unpaired) electrons. The van der Waals surface area contributed by atoms with Crippen LogP contribution in [0, 0.1) is 17.0 Å². The van der Waals surface area contributed by atoms with E-state index in [0.717, 1.165) is 40.1 Å². The maximum absolute atomic E-state index is 13.1. The summed E-state index contributed by atoms with van der Waals surface area (Å²) >= 11 is 2.36. The second-order valence-corrected chi connectivity index (χ2v) is 8.55. The van der Waals surface area contributed by atoms with Crippen molar-refractivity contribution in [2.45, 2.75) is 13.3 Å². The Morgan fingerprint density at radius 3 is 2.57 bits per heavy atom. The molecule has 0 N–H and O–H groups in total. The number of anilines is 1. The predicted octanol–water partition coefficient (Wildman–Crippen LogP) is 4.59. The molecule has 0 saturated carbocycles. The van der Waals surface area contributed by atoms with E-state index in [9.17, 15) is 14.9 Å². The van der Waals surface area contributed by atoms with Crippen molar-refractivity contribution in [2.75, 3.05) is 32.1 Å². The Bertz CT molecular complexity index is 986. The van der Waals surface area contributed by atoms with Crippen LogP contribution in [0.3, 0.4) is 0 Å². The van der Waals surface area contributed by atoms with Gasteiger partial charge < -0.3 is 4.90 Å². The van der Waals surface area contributed by atoms with Gasteiger partial charge in [-0.3, -0.25) is 19.8 Å². The number of amides is 1. The number of thiophene rings is 1. The summed E-state index contributed by atoms with van der Waals surface area (Å²) in [4.78, 5) is 32.2. The maximum Gasteiger partial charge on any atom is 0.324 e. The Morgan fingerprint density at radius 2 is 1.93 bits per heavy atom. The number of aryl methyl sites for hydroxylation is 1. The molecule has 3 rings (SSSR count). The van der Waals surface area contributed by atoms with Crippen LogP contribution in [0.15, 0.2) is 30.3 Å². The van der Waals surface area contributed by atoms with Crippen LogP contribution in [0.25, 0.3) is 10.2 Å². The number of hydrogen-bond donors (Lipinski definition) is 0. The van der Waals surface area contributed by atoms with E-state index in [0.29, 0.717) is 16.6 Å². The molecule has 0 aliphatic carbocycles. The highest BCUT2D eigenvalue weighted by atomic mass is 35.5. The molecule has 3 aromatic rings. The van der Waals surface area contributed by atoms with E-state index in [1.807, 2.05) is 33.2 Å². The molecule has 0 atom stereocenters.